The Labute approximate surface area is 128 Å². The van der Waals surface area contributed by atoms with Gasteiger partial charge in [0.1, 0.15) is 5.60 Å². The number of benzene rings is 1. The van der Waals surface area contributed by atoms with Gasteiger partial charge in [-0.15, -0.1) is 0 Å². The van der Waals surface area contributed by atoms with Crippen molar-refractivity contribution in [1.29, 1.82) is 0 Å². The van der Waals surface area contributed by atoms with Crippen molar-refractivity contribution in [3.05, 3.63) is 35.4 Å². The molecule has 0 heterocycles. The van der Waals surface area contributed by atoms with Gasteiger partial charge in [-0.2, -0.15) is 0 Å². The molecule has 0 aromatic heterocycles. The lowest BCUT2D eigenvalue weighted by atomic mass is 9.85. The zero-order valence-corrected chi connectivity index (χ0v) is 14.2. The largest absolute Gasteiger partial charge is 0.460 e. The minimum atomic E-state index is -0.853. The molecule has 1 aromatic carbocycles. The number of carbonyl (C=O) groups is 1. The minimum absolute atomic E-state index is 0.0697. The highest BCUT2D eigenvalue weighted by atomic mass is 16.6. The van der Waals surface area contributed by atoms with Crippen LogP contribution in [0.15, 0.2) is 24.3 Å². The van der Waals surface area contributed by atoms with Crippen LogP contribution in [-0.4, -0.2) is 16.7 Å². The van der Waals surface area contributed by atoms with Crippen LogP contribution >= 0.6 is 0 Å². The molecule has 0 fully saturated rings. The van der Waals surface area contributed by atoms with Crippen LogP contribution in [0, 0.1) is 5.92 Å². The van der Waals surface area contributed by atoms with Crippen LogP contribution in [0.4, 0.5) is 0 Å². The molecule has 0 radical (unpaired) electrons. The van der Waals surface area contributed by atoms with Gasteiger partial charge in [0, 0.05) is 0 Å². The Kier molecular flexibility index (Phi) is 5.21. The number of rotatable bonds is 3. The molecule has 0 aliphatic heterocycles. The molecule has 0 spiro atoms. The van der Waals surface area contributed by atoms with Crippen molar-refractivity contribution in [3.8, 4) is 0 Å². The Balaban J connectivity index is 2.83. The molecule has 0 saturated carbocycles. The molecule has 0 bridgehead atoms. The van der Waals surface area contributed by atoms with Crippen molar-refractivity contribution in [2.24, 2.45) is 5.92 Å². The Morgan fingerprint density at radius 3 is 1.90 bits per heavy atom. The second-order valence-electron chi connectivity index (χ2n) is 7.64. The van der Waals surface area contributed by atoms with E-state index in [-0.39, 0.29) is 11.4 Å². The van der Waals surface area contributed by atoms with Gasteiger partial charge in [0.25, 0.3) is 0 Å². The Hall–Kier alpha value is -1.35. The number of aliphatic hydroxyl groups is 1. The fraction of sp³-hybridized carbons (Fsp3) is 0.611. The topological polar surface area (TPSA) is 46.5 Å². The maximum absolute atomic E-state index is 12.0. The van der Waals surface area contributed by atoms with Gasteiger partial charge < -0.3 is 9.84 Å². The second-order valence-corrected chi connectivity index (χ2v) is 7.64. The monoisotopic (exact) mass is 292 g/mol. The van der Waals surface area contributed by atoms with E-state index >= 15 is 0 Å². The normalized spacial score (nSPS) is 15.4. The maximum Gasteiger partial charge on any atom is 0.312 e. The van der Waals surface area contributed by atoms with E-state index in [0.717, 1.165) is 5.56 Å². The first-order chi connectivity index (χ1) is 9.42. The van der Waals surface area contributed by atoms with Gasteiger partial charge in [0.05, 0.1) is 12.0 Å². The van der Waals surface area contributed by atoms with Crippen LogP contribution in [0.25, 0.3) is 0 Å². The SMILES string of the molecule is CC(C(=O)OC(C)(C)C)C(O)c1ccc(C(C)(C)C)cc1. The summed E-state index contributed by atoms with van der Waals surface area (Å²) in [5.74, 6) is -0.973. The van der Waals surface area contributed by atoms with Crippen LogP contribution < -0.4 is 0 Å². The molecule has 2 atom stereocenters. The van der Waals surface area contributed by atoms with E-state index in [9.17, 15) is 9.90 Å². The van der Waals surface area contributed by atoms with Crippen molar-refractivity contribution in [2.45, 2.75) is 65.6 Å². The quantitative estimate of drug-likeness (QED) is 0.857. The molecule has 0 aliphatic carbocycles. The summed E-state index contributed by atoms with van der Waals surface area (Å²) in [6.45, 7) is 13.6. The van der Waals surface area contributed by atoms with E-state index in [2.05, 4.69) is 20.8 Å². The molecule has 21 heavy (non-hydrogen) atoms. The molecule has 3 heteroatoms. The van der Waals surface area contributed by atoms with Crippen LogP contribution in [0.1, 0.15) is 65.7 Å². The summed E-state index contributed by atoms with van der Waals surface area (Å²) in [4.78, 5) is 12.0. The van der Waals surface area contributed by atoms with Crippen LogP contribution in [0.5, 0.6) is 0 Å². The van der Waals surface area contributed by atoms with Gasteiger partial charge in [-0.25, -0.2) is 0 Å². The van der Waals surface area contributed by atoms with E-state index < -0.39 is 17.6 Å². The summed E-state index contributed by atoms with van der Waals surface area (Å²) in [6, 6.07) is 7.76. The first-order valence-corrected chi connectivity index (χ1v) is 7.43. The van der Waals surface area contributed by atoms with Crippen LogP contribution in [0.2, 0.25) is 0 Å². The number of hydrogen-bond donors (Lipinski definition) is 1. The average Bonchev–Trinajstić information content (AvgIpc) is 2.34. The zero-order valence-electron chi connectivity index (χ0n) is 14.2. The first kappa shape index (κ1) is 17.7. The van der Waals surface area contributed by atoms with Gasteiger partial charge in [-0.05, 0) is 44.2 Å². The second kappa shape index (κ2) is 6.18. The van der Waals surface area contributed by atoms with Gasteiger partial charge >= 0.3 is 5.97 Å². The number of ether oxygens (including phenoxy) is 1. The van der Waals surface area contributed by atoms with Gasteiger partial charge in [-0.3, -0.25) is 4.79 Å². The highest BCUT2D eigenvalue weighted by Crippen LogP contribution is 2.28. The van der Waals surface area contributed by atoms with E-state index in [1.54, 1.807) is 6.92 Å². The molecule has 2 unspecified atom stereocenters. The highest BCUT2D eigenvalue weighted by molar-refractivity contribution is 5.73. The predicted molar refractivity (Wildman–Crippen MR) is 85.1 cm³/mol. The highest BCUT2D eigenvalue weighted by Gasteiger charge is 2.28. The Bertz CT molecular complexity index is 475. The van der Waals surface area contributed by atoms with Crippen molar-refractivity contribution in [2.75, 3.05) is 0 Å². The maximum atomic E-state index is 12.0. The standard InChI is InChI=1S/C18H28O3/c1-12(16(20)21-18(5,6)7)15(19)13-8-10-14(11-9-13)17(2,3)4/h8-12,15,19H,1-7H3. The molecule has 3 nitrogen and oxygen atoms in total. The third-order valence-corrected chi connectivity index (χ3v) is 3.37. The van der Waals surface area contributed by atoms with Crippen molar-refractivity contribution >= 4 is 5.97 Å². The third kappa shape index (κ3) is 5.16. The first-order valence-electron chi connectivity index (χ1n) is 7.43. The summed E-state index contributed by atoms with van der Waals surface area (Å²) >= 11 is 0. The van der Waals surface area contributed by atoms with Crippen LogP contribution in [-0.2, 0) is 14.9 Å². The number of aliphatic hydroxyl groups excluding tert-OH is 1. The van der Waals surface area contributed by atoms with Gasteiger partial charge in [0.15, 0.2) is 0 Å². The van der Waals surface area contributed by atoms with E-state index in [1.807, 2.05) is 45.0 Å². The van der Waals surface area contributed by atoms with E-state index in [1.165, 1.54) is 5.56 Å². The predicted octanol–water partition coefficient (Wildman–Crippen LogP) is 4.00. The fourth-order valence-corrected chi connectivity index (χ4v) is 1.99. The number of carbonyl (C=O) groups excluding carboxylic acids is 1. The number of esters is 1. The smallest absolute Gasteiger partial charge is 0.312 e. The van der Waals surface area contributed by atoms with Gasteiger partial charge in [-0.1, -0.05) is 45.0 Å². The molecule has 0 amide bonds. The van der Waals surface area contributed by atoms with Crippen LogP contribution in [0.3, 0.4) is 0 Å². The minimum Gasteiger partial charge on any atom is -0.460 e. The summed E-state index contributed by atoms with van der Waals surface area (Å²) in [7, 11) is 0. The fourth-order valence-electron chi connectivity index (χ4n) is 1.99. The summed E-state index contributed by atoms with van der Waals surface area (Å²) in [5, 5.41) is 10.3. The molecular weight excluding hydrogens is 264 g/mol. The molecule has 118 valence electrons. The zero-order chi connectivity index (χ0) is 16.4. The lowest BCUT2D eigenvalue weighted by molar-refractivity contribution is -0.163. The summed E-state index contributed by atoms with van der Waals surface area (Å²) < 4.78 is 5.32. The molecular formula is C18H28O3. The van der Waals surface area contributed by atoms with Crippen molar-refractivity contribution < 1.29 is 14.6 Å². The summed E-state index contributed by atoms with van der Waals surface area (Å²) in [5.41, 5.74) is 1.46. The molecule has 1 rings (SSSR count). The lowest BCUT2D eigenvalue weighted by Gasteiger charge is -2.25. The van der Waals surface area contributed by atoms with E-state index in [4.69, 9.17) is 4.74 Å². The summed E-state index contributed by atoms with van der Waals surface area (Å²) in [6.07, 6.45) is -0.853. The van der Waals surface area contributed by atoms with E-state index in [0.29, 0.717) is 0 Å². The molecule has 0 saturated heterocycles. The molecule has 1 N–H and O–H groups in total. The molecule has 1 aromatic rings. The number of hydrogen-bond acceptors (Lipinski definition) is 3. The Morgan fingerprint density at radius 1 is 1.05 bits per heavy atom. The average molecular weight is 292 g/mol. The van der Waals surface area contributed by atoms with Crippen molar-refractivity contribution in [1.82, 2.24) is 0 Å². The Morgan fingerprint density at radius 2 is 1.52 bits per heavy atom. The van der Waals surface area contributed by atoms with Crippen molar-refractivity contribution in [3.63, 3.8) is 0 Å². The van der Waals surface area contributed by atoms with Gasteiger partial charge in [0.2, 0.25) is 0 Å². The lowest BCUT2D eigenvalue weighted by Crippen LogP contribution is -2.30. The third-order valence-electron chi connectivity index (χ3n) is 3.37. The molecule has 0 aliphatic rings.